The van der Waals surface area contributed by atoms with Gasteiger partial charge in [0.2, 0.25) is 0 Å². The SMILES string of the molecule is CNc1cc(SCc2ccccc2)ncn1. The summed E-state index contributed by atoms with van der Waals surface area (Å²) in [6.07, 6.45) is 1.58. The van der Waals surface area contributed by atoms with Crippen molar-refractivity contribution in [2.75, 3.05) is 12.4 Å². The highest BCUT2D eigenvalue weighted by Gasteiger charge is 1.98. The Morgan fingerprint density at radius 2 is 2.00 bits per heavy atom. The fourth-order valence-corrected chi connectivity index (χ4v) is 2.11. The Balaban J connectivity index is 1.99. The zero-order chi connectivity index (χ0) is 11.2. The number of aromatic nitrogens is 2. The van der Waals surface area contributed by atoms with Gasteiger partial charge in [0.25, 0.3) is 0 Å². The highest BCUT2D eigenvalue weighted by Crippen LogP contribution is 2.21. The number of nitrogens with one attached hydrogen (secondary N) is 1. The molecule has 3 nitrogen and oxygen atoms in total. The van der Waals surface area contributed by atoms with E-state index in [4.69, 9.17) is 0 Å². The number of hydrogen-bond donors (Lipinski definition) is 1. The van der Waals surface area contributed by atoms with Gasteiger partial charge < -0.3 is 5.32 Å². The average Bonchev–Trinajstić information content (AvgIpc) is 2.38. The second-order valence-corrected chi connectivity index (χ2v) is 4.26. The Labute approximate surface area is 99.3 Å². The van der Waals surface area contributed by atoms with E-state index in [0.29, 0.717) is 0 Å². The summed E-state index contributed by atoms with van der Waals surface area (Å²) >= 11 is 1.71. The monoisotopic (exact) mass is 231 g/mol. The molecule has 0 spiro atoms. The van der Waals surface area contributed by atoms with Crippen LogP contribution < -0.4 is 5.32 Å². The maximum Gasteiger partial charge on any atom is 0.130 e. The summed E-state index contributed by atoms with van der Waals surface area (Å²) in [5.74, 6) is 1.78. The standard InChI is InChI=1S/C12H13N3S/c1-13-11-7-12(15-9-14-11)16-8-10-5-3-2-4-6-10/h2-7,9H,8H2,1H3,(H,13,14,15). The van der Waals surface area contributed by atoms with E-state index >= 15 is 0 Å². The fraction of sp³-hybridized carbons (Fsp3) is 0.167. The van der Waals surface area contributed by atoms with Gasteiger partial charge in [-0.3, -0.25) is 0 Å². The molecule has 0 fully saturated rings. The van der Waals surface area contributed by atoms with Crippen LogP contribution in [0.4, 0.5) is 5.82 Å². The van der Waals surface area contributed by atoms with Crippen LogP contribution in [0.5, 0.6) is 0 Å². The molecule has 0 aliphatic heterocycles. The molecule has 0 radical (unpaired) electrons. The molecule has 16 heavy (non-hydrogen) atoms. The van der Waals surface area contributed by atoms with Gasteiger partial charge in [-0.15, -0.1) is 11.8 Å². The van der Waals surface area contributed by atoms with Gasteiger partial charge in [0, 0.05) is 18.9 Å². The van der Waals surface area contributed by atoms with E-state index in [9.17, 15) is 0 Å². The molecule has 0 aliphatic carbocycles. The average molecular weight is 231 g/mol. The highest BCUT2D eigenvalue weighted by molar-refractivity contribution is 7.98. The first-order valence-electron chi connectivity index (χ1n) is 5.05. The maximum absolute atomic E-state index is 4.21. The molecule has 0 amide bonds. The first-order chi connectivity index (χ1) is 7.88. The van der Waals surface area contributed by atoms with Crippen LogP contribution in [-0.4, -0.2) is 17.0 Å². The van der Waals surface area contributed by atoms with Crippen LogP contribution in [-0.2, 0) is 5.75 Å². The van der Waals surface area contributed by atoms with E-state index < -0.39 is 0 Å². The molecule has 0 aliphatic rings. The van der Waals surface area contributed by atoms with Crippen molar-refractivity contribution in [3.05, 3.63) is 48.3 Å². The molecular weight excluding hydrogens is 218 g/mol. The number of hydrogen-bond acceptors (Lipinski definition) is 4. The van der Waals surface area contributed by atoms with Crippen LogP contribution in [0, 0.1) is 0 Å². The van der Waals surface area contributed by atoms with Crippen LogP contribution in [0.2, 0.25) is 0 Å². The Kier molecular flexibility index (Phi) is 3.77. The normalized spacial score (nSPS) is 10.1. The smallest absolute Gasteiger partial charge is 0.130 e. The Morgan fingerprint density at radius 1 is 1.19 bits per heavy atom. The van der Waals surface area contributed by atoms with Crippen molar-refractivity contribution in [1.29, 1.82) is 0 Å². The van der Waals surface area contributed by atoms with Gasteiger partial charge in [-0.2, -0.15) is 0 Å². The van der Waals surface area contributed by atoms with Gasteiger partial charge in [0.05, 0.1) is 0 Å². The maximum atomic E-state index is 4.21. The van der Waals surface area contributed by atoms with Crippen LogP contribution in [0.15, 0.2) is 47.8 Å². The molecule has 1 heterocycles. The Morgan fingerprint density at radius 3 is 2.75 bits per heavy atom. The Bertz CT molecular complexity index is 445. The summed E-state index contributed by atoms with van der Waals surface area (Å²) in [4.78, 5) is 8.29. The van der Waals surface area contributed by atoms with Crippen LogP contribution in [0.25, 0.3) is 0 Å². The van der Waals surface area contributed by atoms with Crippen molar-refractivity contribution in [2.24, 2.45) is 0 Å². The molecule has 0 bridgehead atoms. The van der Waals surface area contributed by atoms with Crippen molar-refractivity contribution in [2.45, 2.75) is 10.8 Å². The van der Waals surface area contributed by atoms with Crippen molar-refractivity contribution in [3.8, 4) is 0 Å². The third-order valence-electron chi connectivity index (χ3n) is 2.13. The van der Waals surface area contributed by atoms with Crippen molar-refractivity contribution < 1.29 is 0 Å². The lowest BCUT2D eigenvalue weighted by Crippen LogP contribution is -1.93. The summed E-state index contributed by atoms with van der Waals surface area (Å²) in [5.41, 5.74) is 1.30. The van der Waals surface area contributed by atoms with Gasteiger partial charge >= 0.3 is 0 Å². The van der Waals surface area contributed by atoms with Crippen LogP contribution in [0.3, 0.4) is 0 Å². The van der Waals surface area contributed by atoms with Crippen molar-refractivity contribution in [1.82, 2.24) is 9.97 Å². The molecule has 1 aromatic carbocycles. The largest absolute Gasteiger partial charge is 0.373 e. The van der Waals surface area contributed by atoms with E-state index in [1.54, 1.807) is 18.1 Å². The molecule has 0 saturated carbocycles. The van der Waals surface area contributed by atoms with Gasteiger partial charge in [-0.25, -0.2) is 9.97 Å². The third-order valence-corrected chi connectivity index (χ3v) is 3.12. The van der Waals surface area contributed by atoms with Gasteiger partial charge in [-0.05, 0) is 5.56 Å². The lowest BCUT2D eigenvalue weighted by atomic mass is 10.2. The predicted molar refractivity (Wildman–Crippen MR) is 67.6 cm³/mol. The minimum Gasteiger partial charge on any atom is -0.373 e. The topological polar surface area (TPSA) is 37.8 Å². The lowest BCUT2D eigenvalue weighted by molar-refractivity contribution is 1.05. The van der Waals surface area contributed by atoms with E-state index in [1.807, 2.05) is 19.2 Å². The van der Waals surface area contributed by atoms with Gasteiger partial charge in [0.15, 0.2) is 0 Å². The van der Waals surface area contributed by atoms with Gasteiger partial charge in [0.1, 0.15) is 17.2 Å². The molecule has 1 N–H and O–H groups in total. The van der Waals surface area contributed by atoms with E-state index in [-0.39, 0.29) is 0 Å². The molecule has 4 heteroatoms. The first-order valence-corrected chi connectivity index (χ1v) is 6.03. The summed E-state index contributed by atoms with van der Waals surface area (Å²) < 4.78 is 0. The lowest BCUT2D eigenvalue weighted by Gasteiger charge is -2.02. The van der Waals surface area contributed by atoms with E-state index in [0.717, 1.165) is 16.6 Å². The summed E-state index contributed by atoms with van der Waals surface area (Å²) in [6.45, 7) is 0. The number of thioether (sulfide) groups is 1. The molecular formula is C12H13N3S. The number of nitrogens with zero attached hydrogens (tertiary/aromatic N) is 2. The Hall–Kier alpha value is -1.55. The number of benzene rings is 1. The summed E-state index contributed by atoms with van der Waals surface area (Å²) in [6, 6.07) is 12.3. The fourth-order valence-electron chi connectivity index (χ4n) is 1.29. The molecule has 0 atom stereocenters. The minimum atomic E-state index is 0.852. The molecule has 1 aromatic heterocycles. The second-order valence-electron chi connectivity index (χ2n) is 3.27. The minimum absolute atomic E-state index is 0.852. The second kappa shape index (κ2) is 5.51. The predicted octanol–water partition coefficient (Wildman–Crippen LogP) is 2.81. The zero-order valence-corrected chi connectivity index (χ0v) is 9.87. The van der Waals surface area contributed by atoms with Crippen LogP contribution >= 0.6 is 11.8 Å². The van der Waals surface area contributed by atoms with Crippen LogP contribution in [0.1, 0.15) is 5.56 Å². The first kappa shape index (κ1) is 11.0. The number of rotatable bonds is 4. The van der Waals surface area contributed by atoms with Crippen molar-refractivity contribution in [3.63, 3.8) is 0 Å². The molecule has 0 unspecified atom stereocenters. The zero-order valence-electron chi connectivity index (χ0n) is 9.05. The number of anilines is 1. The molecule has 0 saturated heterocycles. The molecule has 82 valence electrons. The van der Waals surface area contributed by atoms with Gasteiger partial charge in [-0.1, -0.05) is 30.3 Å². The highest BCUT2D eigenvalue weighted by atomic mass is 32.2. The van der Waals surface area contributed by atoms with Crippen molar-refractivity contribution >= 4 is 17.6 Å². The van der Waals surface area contributed by atoms with E-state index in [2.05, 4.69) is 39.6 Å². The van der Waals surface area contributed by atoms with E-state index in [1.165, 1.54) is 5.56 Å². The summed E-state index contributed by atoms with van der Waals surface area (Å²) in [5, 5.41) is 3.99. The third kappa shape index (κ3) is 2.97. The summed E-state index contributed by atoms with van der Waals surface area (Å²) in [7, 11) is 1.86. The quantitative estimate of drug-likeness (QED) is 0.648. The molecule has 2 aromatic rings. The molecule has 2 rings (SSSR count).